The summed E-state index contributed by atoms with van der Waals surface area (Å²) in [5.41, 5.74) is 0. The number of phosphoric acid groups is 1. The van der Waals surface area contributed by atoms with Crippen molar-refractivity contribution in [3.05, 3.63) is 72.9 Å². The molecule has 0 aliphatic rings. The number of hydrogen-bond acceptors (Lipinski definition) is 8. The van der Waals surface area contributed by atoms with Gasteiger partial charge < -0.3 is 27.9 Å². The molecule has 2 atom stereocenters. The molecule has 0 saturated heterocycles. The summed E-state index contributed by atoms with van der Waals surface area (Å²) in [4.78, 5) is 37.1. The summed E-state index contributed by atoms with van der Waals surface area (Å²) >= 11 is 0. The highest BCUT2D eigenvalue weighted by atomic mass is 31.2. The molecular formula is C37H62NO8P. The molecule has 9 nitrogen and oxygen atoms in total. The highest BCUT2D eigenvalue weighted by molar-refractivity contribution is 7.45. The molecular weight excluding hydrogens is 617 g/mol. The fourth-order valence-corrected chi connectivity index (χ4v) is 4.57. The molecule has 0 fully saturated rings. The van der Waals surface area contributed by atoms with Crippen LogP contribution in [0.15, 0.2) is 72.9 Å². The number of allylic oxidation sites excluding steroid dienone is 12. The van der Waals surface area contributed by atoms with Crippen molar-refractivity contribution in [1.82, 2.24) is 0 Å². The number of unbranched alkanes of at least 4 members (excludes halogenated alkanes) is 7. The van der Waals surface area contributed by atoms with Crippen LogP contribution in [0.1, 0.15) is 97.3 Å². The number of ether oxygens (including phenoxy) is 2. The molecule has 2 unspecified atom stereocenters. The fraction of sp³-hybridized carbons (Fsp3) is 0.622. The van der Waals surface area contributed by atoms with Gasteiger partial charge in [-0.1, -0.05) is 112 Å². The number of esters is 2. The van der Waals surface area contributed by atoms with E-state index in [1.54, 1.807) is 0 Å². The standard InChI is InChI=1S/C37H62NO8P/c1-6-8-10-12-14-16-18-19-20-22-24-26-28-30-37(40)46-35(34-45-47(41,42)44-32-31-38(3,4)5)33-43-36(39)29-27-25-23-21-17-15-13-11-9-7-2/h8,10,12-16,18-20,22,24,35H,6-7,9,11,17,21,23,25-34H2,1-5H3/b10-8+,14-12+,15-13+,18-16+,20-19+,24-22+. The van der Waals surface area contributed by atoms with Gasteiger partial charge in [-0.3, -0.25) is 14.2 Å². The number of likely N-dealkylation sites (N-methyl/N-ethyl adjacent to an activating group) is 1. The second kappa shape index (κ2) is 29.6. The normalized spacial score (nSPS) is 14.8. The Morgan fingerprint density at radius 1 is 0.681 bits per heavy atom. The molecule has 10 heteroatoms. The first kappa shape index (κ1) is 44.5. The van der Waals surface area contributed by atoms with E-state index in [0.717, 1.165) is 38.5 Å². The van der Waals surface area contributed by atoms with Gasteiger partial charge in [0.15, 0.2) is 6.10 Å². The lowest BCUT2D eigenvalue weighted by atomic mass is 10.1. The average molecular weight is 680 g/mol. The summed E-state index contributed by atoms with van der Waals surface area (Å²) in [6.07, 6.45) is 33.8. The smallest absolute Gasteiger partial charge is 0.306 e. The molecule has 0 aliphatic carbocycles. The van der Waals surface area contributed by atoms with E-state index in [4.69, 9.17) is 18.5 Å². The van der Waals surface area contributed by atoms with Gasteiger partial charge in [0.05, 0.1) is 27.7 Å². The largest absolute Gasteiger partial charge is 0.756 e. The lowest BCUT2D eigenvalue weighted by molar-refractivity contribution is -0.870. The quantitative estimate of drug-likeness (QED) is 0.0195. The maximum absolute atomic E-state index is 12.5. The first-order chi connectivity index (χ1) is 22.5. The van der Waals surface area contributed by atoms with Gasteiger partial charge in [0, 0.05) is 12.8 Å². The maximum atomic E-state index is 12.5. The van der Waals surface area contributed by atoms with Crippen LogP contribution in [0.4, 0.5) is 0 Å². The molecule has 268 valence electrons. The van der Waals surface area contributed by atoms with Gasteiger partial charge >= 0.3 is 11.9 Å². The van der Waals surface area contributed by atoms with Crippen molar-refractivity contribution in [2.45, 2.75) is 103 Å². The average Bonchev–Trinajstić information content (AvgIpc) is 3.01. The van der Waals surface area contributed by atoms with Gasteiger partial charge in [0.25, 0.3) is 7.82 Å². The fourth-order valence-electron chi connectivity index (χ4n) is 3.84. The van der Waals surface area contributed by atoms with Crippen molar-refractivity contribution in [3.63, 3.8) is 0 Å². The van der Waals surface area contributed by atoms with Crippen LogP contribution in [0.3, 0.4) is 0 Å². The van der Waals surface area contributed by atoms with Crippen molar-refractivity contribution < 1.29 is 42.1 Å². The zero-order valence-electron chi connectivity index (χ0n) is 29.7. The zero-order valence-corrected chi connectivity index (χ0v) is 30.6. The number of nitrogens with zero attached hydrogens (tertiary/aromatic N) is 1. The van der Waals surface area contributed by atoms with Gasteiger partial charge in [0.1, 0.15) is 19.8 Å². The number of carbonyl (C=O) groups is 2. The van der Waals surface area contributed by atoms with Crippen LogP contribution in [0, 0.1) is 0 Å². The summed E-state index contributed by atoms with van der Waals surface area (Å²) in [7, 11) is 1.09. The van der Waals surface area contributed by atoms with Crippen LogP contribution < -0.4 is 4.89 Å². The van der Waals surface area contributed by atoms with Crippen molar-refractivity contribution >= 4 is 19.8 Å². The highest BCUT2D eigenvalue weighted by Crippen LogP contribution is 2.38. The Labute approximate surface area is 285 Å². The Hall–Kier alpha value is -2.55. The lowest BCUT2D eigenvalue weighted by Gasteiger charge is -2.28. The number of phosphoric ester groups is 1. The third-order valence-electron chi connectivity index (χ3n) is 6.59. The van der Waals surface area contributed by atoms with Gasteiger partial charge in [-0.15, -0.1) is 0 Å². The molecule has 0 heterocycles. The number of hydrogen-bond donors (Lipinski definition) is 0. The van der Waals surface area contributed by atoms with E-state index >= 15 is 0 Å². The Kier molecular flexibility index (Phi) is 28.0. The highest BCUT2D eigenvalue weighted by Gasteiger charge is 2.21. The van der Waals surface area contributed by atoms with Gasteiger partial charge in [-0.05, 0) is 44.9 Å². The molecule has 0 aliphatic heterocycles. The van der Waals surface area contributed by atoms with Crippen LogP contribution in [0.5, 0.6) is 0 Å². The number of quaternary nitrogens is 1. The van der Waals surface area contributed by atoms with Crippen molar-refractivity contribution in [2.24, 2.45) is 0 Å². The lowest BCUT2D eigenvalue weighted by Crippen LogP contribution is -2.37. The summed E-state index contributed by atoms with van der Waals surface area (Å²) in [6, 6.07) is 0. The van der Waals surface area contributed by atoms with Crippen molar-refractivity contribution in [2.75, 3.05) is 47.5 Å². The molecule has 0 amide bonds. The molecule has 0 bridgehead atoms. The van der Waals surface area contributed by atoms with Crippen LogP contribution in [-0.2, 0) is 32.7 Å². The SMILES string of the molecule is CC/C=C/C=C/C=C/C=C/C=C/CCCC(=O)OC(COC(=O)CCCCCC/C=C/CCCC)COP(=O)([O-])OCC[N+](C)(C)C. The molecule has 0 aromatic carbocycles. The molecule has 47 heavy (non-hydrogen) atoms. The summed E-state index contributed by atoms with van der Waals surface area (Å²) in [5, 5.41) is 0. The minimum atomic E-state index is -4.64. The molecule has 0 aromatic rings. The molecule has 0 aromatic heterocycles. The van der Waals surface area contributed by atoms with Gasteiger partial charge in [0.2, 0.25) is 0 Å². The summed E-state index contributed by atoms with van der Waals surface area (Å²) in [6.45, 7) is 3.88. The predicted molar refractivity (Wildman–Crippen MR) is 189 cm³/mol. The Balaban J connectivity index is 4.69. The van der Waals surface area contributed by atoms with E-state index in [1.807, 2.05) is 75.8 Å². The van der Waals surface area contributed by atoms with Gasteiger partial charge in [-0.2, -0.15) is 0 Å². The molecule has 0 saturated carbocycles. The molecule has 0 radical (unpaired) electrons. The predicted octanol–water partition coefficient (Wildman–Crippen LogP) is 8.10. The minimum Gasteiger partial charge on any atom is -0.756 e. The number of rotatable bonds is 29. The zero-order chi connectivity index (χ0) is 35.1. The van der Waals surface area contributed by atoms with Crippen LogP contribution in [-0.4, -0.2) is 70.0 Å². The second-order valence-electron chi connectivity index (χ2n) is 12.3. The van der Waals surface area contributed by atoms with E-state index in [-0.39, 0.29) is 26.1 Å². The van der Waals surface area contributed by atoms with Crippen molar-refractivity contribution in [3.8, 4) is 0 Å². The van der Waals surface area contributed by atoms with Crippen LogP contribution >= 0.6 is 7.82 Å². The Morgan fingerprint density at radius 3 is 1.89 bits per heavy atom. The maximum Gasteiger partial charge on any atom is 0.306 e. The van der Waals surface area contributed by atoms with E-state index in [1.165, 1.54) is 12.8 Å². The Bertz CT molecular complexity index is 1040. The third-order valence-corrected chi connectivity index (χ3v) is 7.55. The number of carbonyl (C=O) groups excluding carboxylic acids is 2. The van der Waals surface area contributed by atoms with E-state index in [0.29, 0.717) is 30.3 Å². The monoisotopic (exact) mass is 679 g/mol. The molecule has 0 rings (SSSR count). The second-order valence-corrected chi connectivity index (χ2v) is 13.7. The summed E-state index contributed by atoms with van der Waals surface area (Å²) < 4.78 is 33.5. The van der Waals surface area contributed by atoms with Gasteiger partial charge in [-0.25, -0.2) is 0 Å². The minimum absolute atomic E-state index is 0.0501. The summed E-state index contributed by atoms with van der Waals surface area (Å²) in [5.74, 6) is -0.951. The molecule has 0 N–H and O–H groups in total. The third kappa shape index (κ3) is 33.2. The van der Waals surface area contributed by atoms with E-state index < -0.39 is 32.5 Å². The Morgan fingerprint density at radius 2 is 1.26 bits per heavy atom. The first-order valence-electron chi connectivity index (χ1n) is 17.2. The first-order valence-corrected chi connectivity index (χ1v) is 18.7. The van der Waals surface area contributed by atoms with Crippen LogP contribution in [0.25, 0.3) is 0 Å². The van der Waals surface area contributed by atoms with Crippen molar-refractivity contribution in [1.29, 1.82) is 0 Å². The van der Waals surface area contributed by atoms with E-state index in [9.17, 15) is 19.0 Å². The van der Waals surface area contributed by atoms with E-state index in [2.05, 4.69) is 32.1 Å². The molecule has 0 spiro atoms. The topological polar surface area (TPSA) is 111 Å². The van der Waals surface area contributed by atoms with Crippen LogP contribution in [0.2, 0.25) is 0 Å².